The molecule has 1 unspecified atom stereocenters. The highest BCUT2D eigenvalue weighted by molar-refractivity contribution is 7.09. The minimum absolute atomic E-state index is 0.519. The quantitative estimate of drug-likeness (QED) is 0.880. The van der Waals surface area contributed by atoms with E-state index >= 15 is 0 Å². The summed E-state index contributed by atoms with van der Waals surface area (Å²) in [6, 6.07) is 6.24. The highest BCUT2D eigenvalue weighted by Crippen LogP contribution is 2.23. The fourth-order valence-electron chi connectivity index (χ4n) is 1.63. The van der Waals surface area contributed by atoms with Gasteiger partial charge in [0.2, 0.25) is 0 Å². The van der Waals surface area contributed by atoms with Gasteiger partial charge in [0.1, 0.15) is 5.75 Å². The van der Waals surface area contributed by atoms with Crippen molar-refractivity contribution in [3.63, 3.8) is 0 Å². The van der Waals surface area contributed by atoms with Crippen molar-refractivity contribution in [1.82, 2.24) is 4.98 Å². The van der Waals surface area contributed by atoms with Crippen molar-refractivity contribution in [2.24, 2.45) is 0 Å². The lowest BCUT2D eigenvalue weighted by atomic mass is 10.2. The molecule has 0 saturated carbocycles. The zero-order valence-corrected chi connectivity index (χ0v) is 11.4. The predicted octanol–water partition coefficient (Wildman–Crippen LogP) is 2.70. The molecule has 0 amide bonds. The van der Waals surface area contributed by atoms with Crippen LogP contribution in [0.1, 0.15) is 16.7 Å². The topological polar surface area (TPSA) is 71.5 Å². The Hall–Kier alpha value is -2.08. The van der Waals surface area contributed by atoms with Crippen molar-refractivity contribution in [3.05, 3.63) is 40.3 Å². The summed E-state index contributed by atoms with van der Waals surface area (Å²) in [5.74, 6) is -0.233. The van der Waals surface area contributed by atoms with Crippen LogP contribution in [0.25, 0.3) is 0 Å². The normalized spacial score (nSPS) is 11.9. The highest BCUT2D eigenvalue weighted by Gasteiger charge is 2.22. The molecule has 0 aliphatic carbocycles. The molecule has 6 heteroatoms. The van der Waals surface area contributed by atoms with Crippen LogP contribution in [0.15, 0.2) is 29.6 Å². The molecule has 0 fully saturated rings. The number of benzene rings is 1. The van der Waals surface area contributed by atoms with Gasteiger partial charge in [-0.3, -0.25) is 0 Å². The maximum Gasteiger partial charge on any atom is 0.332 e. The van der Waals surface area contributed by atoms with Crippen molar-refractivity contribution >= 4 is 23.0 Å². The van der Waals surface area contributed by atoms with Crippen LogP contribution in [-0.4, -0.2) is 23.2 Å². The first-order valence-electron chi connectivity index (χ1n) is 5.65. The third kappa shape index (κ3) is 3.23. The van der Waals surface area contributed by atoms with Crippen LogP contribution in [0.3, 0.4) is 0 Å². The summed E-state index contributed by atoms with van der Waals surface area (Å²) in [6.45, 7) is 1.85. The molecule has 2 rings (SSSR count). The molecule has 19 heavy (non-hydrogen) atoms. The number of carboxylic acids is 1. The van der Waals surface area contributed by atoms with Crippen molar-refractivity contribution in [2.75, 3.05) is 12.4 Å². The zero-order chi connectivity index (χ0) is 13.8. The SMILES string of the molecule is COc1ccc(NC(C(=O)O)c2csc(C)n2)cc1. The number of ether oxygens (including phenoxy) is 1. The Bertz CT molecular complexity index is 566. The van der Waals surface area contributed by atoms with Gasteiger partial charge in [-0.2, -0.15) is 0 Å². The molecule has 1 heterocycles. The van der Waals surface area contributed by atoms with Gasteiger partial charge in [-0.15, -0.1) is 11.3 Å². The Kier molecular flexibility index (Phi) is 4.01. The van der Waals surface area contributed by atoms with E-state index in [1.807, 2.05) is 6.92 Å². The summed E-state index contributed by atoms with van der Waals surface area (Å²) in [5.41, 5.74) is 1.23. The summed E-state index contributed by atoms with van der Waals surface area (Å²) >= 11 is 1.43. The largest absolute Gasteiger partial charge is 0.497 e. The maximum atomic E-state index is 11.3. The van der Waals surface area contributed by atoms with E-state index < -0.39 is 12.0 Å². The molecule has 100 valence electrons. The fraction of sp³-hybridized carbons (Fsp3) is 0.231. The van der Waals surface area contributed by atoms with Gasteiger partial charge in [-0.25, -0.2) is 9.78 Å². The summed E-state index contributed by atoms with van der Waals surface area (Å²) < 4.78 is 5.05. The Morgan fingerprint density at radius 2 is 2.11 bits per heavy atom. The number of anilines is 1. The Balaban J connectivity index is 2.18. The third-order valence-electron chi connectivity index (χ3n) is 2.58. The molecule has 1 atom stereocenters. The van der Waals surface area contributed by atoms with Gasteiger partial charge in [-0.05, 0) is 31.2 Å². The molecule has 0 aliphatic heterocycles. The Morgan fingerprint density at radius 1 is 1.42 bits per heavy atom. The van der Waals surface area contributed by atoms with Crippen LogP contribution < -0.4 is 10.1 Å². The molecular weight excluding hydrogens is 264 g/mol. The minimum atomic E-state index is -0.957. The number of thiazole rings is 1. The molecule has 0 aliphatic rings. The van der Waals surface area contributed by atoms with E-state index in [0.717, 1.165) is 10.8 Å². The van der Waals surface area contributed by atoms with E-state index in [4.69, 9.17) is 4.74 Å². The smallest absolute Gasteiger partial charge is 0.332 e. The first kappa shape index (κ1) is 13.4. The second-order valence-electron chi connectivity index (χ2n) is 3.94. The molecule has 2 N–H and O–H groups in total. The average Bonchev–Trinajstić information content (AvgIpc) is 2.82. The lowest BCUT2D eigenvalue weighted by molar-refractivity contribution is -0.138. The number of methoxy groups -OCH3 is 1. The van der Waals surface area contributed by atoms with Crippen LogP contribution in [0.2, 0.25) is 0 Å². The van der Waals surface area contributed by atoms with E-state index in [-0.39, 0.29) is 0 Å². The molecule has 0 radical (unpaired) electrons. The molecular formula is C13H14N2O3S. The number of rotatable bonds is 5. The number of nitrogens with zero attached hydrogens (tertiary/aromatic N) is 1. The standard InChI is InChI=1S/C13H14N2O3S/c1-8-14-11(7-19-8)12(13(16)17)15-9-3-5-10(18-2)6-4-9/h3-7,12,15H,1-2H3,(H,16,17). The molecule has 0 bridgehead atoms. The van der Waals surface area contributed by atoms with Gasteiger partial charge in [0.25, 0.3) is 0 Å². The fourth-order valence-corrected chi connectivity index (χ4v) is 2.27. The molecule has 1 aromatic heterocycles. The lowest BCUT2D eigenvalue weighted by Crippen LogP contribution is -2.20. The summed E-state index contributed by atoms with van der Waals surface area (Å²) in [4.78, 5) is 15.5. The van der Waals surface area contributed by atoms with Crippen LogP contribution in [0, 0.1) is 6.92 Å². The third-order valence-corrected chi connectivity index (χ3v) is 3.37. The van der Waals surface area contributed by atoms with Crippen LogP contribution in [0.5, 0.6) is 5.75 Å². The second-order valence-corrected chi connectivity index (χ2v) is 5.00. The van der Waals surface area contributed by atoms with Crippen LogP contribution in [0.4, 0.5) is 5.69 Å². The minimum Gasteiger partial charge on any atom is -0.497 e. The number of aromatic nitrogens is 1. The molecule has 1 aromatic carbocycles. The Morgan fingerprint density at radius 3 is 2.58 bits per heavy atom. The second kappa shape index (κ2) is 5.71. The van der Waals surface area contributed by atoms with Crippen molar-refractivity contribution in [1.29, 1.82) is 0 Å². The number of carbonyl (C=O) groups is 1. The average molecular weight is 278 g/mol. The monoisotopic (exact) mass is 278 g/mol. The number of hydrogen-bond donors (Lipinski definition) is 2. The number of nitrogens with one attached hydrogen (secondary N) is 1. The van der Waals surface area contributed by atoms with E-state index in [9.17, 15) is 9.90 Å². The van der Waals surface area contributed by atoms with Gasteiger partial charge in [-0.1, -0.05) is 0 Å². The summed E-state index contributed by atoms with van der Waals surface area (Å²) in [6.07, 6.45) is 0. The highest BCUT2D eigenvalue weighted by atomic mass is 32.1. The first-order valence-corrected chi connectivity index (χ1v) is 6.53. The van der Waals surface area contributed by atoms with E-state index in [1.165, 1.54) is 11.3 Å². The van der Waals surface area contributed by atoms with Crippen LogP contribution in [-0.2, 0) is 4.79 Å². The zero-order valence-electron chi connectivity index (χ0n) is 10.6. The van der Waals surface area contributed by atoms with Gasteiger partial charge < -0.3 is 15.2 Å². The lowest BCUT2D eigenvalue weighted by Gasteiger charge is -2.14. The predicted molar refractivity (Wildman–Crippen MR) is 73.8 cm³/mol. The molecule has 0 saturated heterocycles. The number of carboxylic acid groups (broad SMARTS) is 1. The van der Waals surface area contributed by atoms with Gasteiger partial charge >= 0.3 is 5.97 Å². The number of aryl methyl sites for hydroxylation is 1. The molecule has 5 nitrogen and oxygen atoms in total. The summed E-state index contributed by atoms with van der Waals surface area (Å²) in [7, 11) is 1.58. The maximum absolute atomic E-state index is 11.3. The number of aliphatic carboxylic acids is 1. The van der Waals surface area contributed by atoms with Crippen molar-refractivity contribution in [3.8, 4) is 5.75 Å². The molecule has 0 spiro atoms. The summed E-state index contributed by atoms with van der Waals surface area (Å²) in [5, 5.41) is 14.8. The first-order chi connectivity index (χ1) is 9.10. The van der Waals surface area contributed by atoms with E-state index in [0.29, 0.717) is 11.4 Å². The van der Waals surface area contributed by atoms with Crippen molar-refractivity contribution < 1.29 is 14.6 Å². The van der Waals surface area contributed by atoms with Gasteiger partial charge in [0, 0.05) is 11.1 Å². The van der Waals surface area contributed by atoms with Crippen LogP contribution >= 0.6 is 11.3 Å². The van der Waals surface area contributed by atoms with E-state index in [2.05, 4.69) is 10.3 Å². The number of hydrogen-bond acceptors (Lipinski definition) is 5. The Labute approximate surface area is 114 Å². The molecule has 2 aromatic rings. The van der Waals surface area contributed by atoms with Gasteiger partial charge in [0.05, 0.1) is 17.8 Å². The van der Waals surface area contributed by atoms with E-state index in [1.54, 1.807) is 36.8 Å². The van der Waals surface area contributed by atoms with Gasteiger partial charge in [0.15, 0.2) is 6.04 Å². The van der Waals surface area contributed by atoms with Crippen molar-refractivity contribution in [2.45, 2.75) is 13.0 Å².